The van der Waals surface area contributed by atoms with E-state index in [0.29, 0.717) is 27.4 Å². The largest absolute Gasteiger partial charge is 0.467 e. The molecule has 1 amide bonds. The van der Waals surface area contributed by atoms with Gasteiger partial charge in [0.2, 0.25) is 0 Å². The monoisotopic (exact) mass is 438 g/mol. The Morgan fingerprint density at radius 3 is 2.83 bits per heavy atom. The van der Waals surface area contributed by atoms with Crippen molar-refractivity contribution in [3.8, 4) is 0 Å². The summed E-state index contributed by atoms with van der Waals surface area (Å²) in [5.41, 5.74) is 1.38. The van der Waals surface area contributed by atoms with E-state index in [1.54, 1.807) is 35.9 Å². The first-order chi connectivity index (χ1) is 14.6. The Morgan fingerprint density at radius 2 is 2.07 bits per heavy atom. The van der Waals surface area contributed by atoms with Gasteiger partial charge in [0, 0.05) is 11.4 Å². The van der Waals surface area contributed by atoms with Crippen molar-refractivity contribution in [2.45, 2.75) is 19.0 Å². The summed E-state index contributed by atoms with van der Waals surface area (Å²) in [7, 11) is 0. The Balaban J connectivity index is 1.48. The van der Waals surface area contributed by atoms with Gasteiger partial charge < -0.3 is 4.42 Å². The molecule has 3 aromatic heterocycles. The maximum absolute atomic E-state index is 13.1. The molecule has 9 heteroatoms. The predicted molar refractivity (Wildman–Crippen MR) is 115 cm³/mol. The average Bonchev–Trinajstić information content (AvgIpc) is 3.50. The molecule has 1 aliphatic rings. The lowest BCUT2D eigenvalue weighted by molar-refractivity contribution is -0.134. The number of hydrogen-bond acceptors (Lipinski definition) is 6. The van der Waals surface area contributed by atoms with Gasteiger partial charge in [-0.25, -0.2) is 9.99 Å². The summed E-state index contributed by atoms with van der Waals surface area (Å²) in [4.78, 5) is 30.7. The molecule has 0 unspecified atom stereocenters. The molecule has 5 rings (SSSR count). The molecule has 150 valence electrons. The van der Waals surface area contributed by atoms with Crippen molar-refractivity contribution in [3.05, 3.63) is 87.1 Å². The molecule has 0 N–H and O–H groups in total. The van der Waals surface area contributed by atoms with E-state index >= 15 is 0 Å². The Morgan fingerprint density at radius 1 is 1.23 bits per heavy atom. The molecule has 1 aromatic carbocycles. The molecule has 30 heavy (non-hydrogen) atoms. The van der Waals surface area contributed by atoms with Crippen LogP contribution in [0.3, 0.4) is 0 Å². The number of amides is 1. The number of nitrogens with zero attached hydrogens (tertiary/aromatic N) is 4. The molecule has 7 nitrogen and oxygen atoms in total. The molecule has 0 spiro atoms. The summed E-state index contributed by atoms with van der Waals surface area (Å²) in [5.74, 6) is 0.314. The van der Waals surface area contributed by atoms with Crippen LogP contribution in [0.15, 0.2) is 74.7 Å². The number of halogens is 1. The van der Waals surface area contributed by atoms with Gasteiger partial charge in [0.25, 0.3) is 11.5 Å². The molecule has 0 aliphatic carbocycles. The summed E-state index contributed by atoms with van der Waals surface area (Å²) in [6.07, 6.45) is 3.47. The number of fused-ring (bicyclic) bond motifs is 1. The molecule has 1 atom stereocenters. The van der Waals surface area contributed by atoms with Gasteiger partial charge in [-0.1, -0.05) is 23.7 Å². The second-order valence-electron chi connectivity index (χ2n) is 6.84. The van der Waals surface area contributed by atoms with Crippen LogP contribution in [0.1, 0.15) is 23.8 Å². The molecule has 0 saturated heterocycles. The number of carbonyl (C=O) groups is 1. The van der Waals surface area contributed by atoms with Crippen LogP contribution in [-0.4, -0.2) is 26.2 Å². The molecule has 0 fully saturated rings. The van der Waals surface area contributed by atoms with Gasteiger partial charge in [-0.3, -0.25) is 14.2 Å². The van der Waals surface area contributed by atoms with Crippen LogP contribution in [0.5, 0.6) is 0 Å². The van der Waals surface area contributed by atoms with Crippen molar-refractivity contribution in [2.24, 2.45) is 5.10 Å². The van der Waals surface area contributed by atoms with Crippen molar-refractivity contribution in [1.82, 2.24) is 14.6 Å². The van der Waals surface area contributed by atoms with Crippen LogP contribution in [0, 0.1) is 0 Å². The van der Waals surface area contributed by atoms with Gasteiger partial charge in [0.1, 0.15) is 23.2 Å². The van der Waals surface area contributed by atoms with Gasteiger partial charge >= 0.3 is 0 Å². The van der Waals surface area contributed by atoms with Crippen molar-refractivity contribution in [3.63, 3.8) is 0 Å². The number of hydrogen-bond donors (Lipinski definition) is 0. The number of carbonyl (C=O) groups excluding carboxylic acids is 1. The third kappa shape index (κ3) is 3.34. The van der Waals surface area contributed by atoms with E-state index in [0.717, 1.165) is 11.3 Å². The van der Waals surface area contributed by atoms with Crippen LogP contribution >= 0.6 is 22.9 Å². The molecule has 0 saturated carbocycles. The molecular formula is C21H15ClN4O3S. The second-order valence-corrected chi connectivity index (χ2v) is 8.18. The normalized spacial score (nSPS) is 16.2. The third-order valence-electron chi connectivity index (χ3n) is 4.97. The highest BCUT2D eigenvalue weighted by Crippen LogP contribution is 2.33. The van der Waals surface area contributed by atoms with Gasteiger partial charge in [-0.15, -0.1) is 11.3 Å². The Labute approximate surface area is 179 Å². The smallest absolute Gasteiger partial charge is 0.263 e. The Kier molecular flexibility index (Phi) is 4.72. The summed E-state index contributed by atoms with van der Waals surface area (Å²) < 4.78 is 6.87. The zero-order valence-corrected chi connectivity index (χ0v) is 17.1. The third-order valence-corrected chi connectivity index (χ3v) is 6.04. The standard InChI is InChI=1S/C21H15ClN4O3S/c22-14-5-3-13(4-6-14)16-10-17(18-2-1-8-29-18)26(24-16)19(27)11-25-12-23-20-15(21(25)28)7-9-30-20/h1-9,12,17H,10-11H2/t17-/m0/s1. The van der Waals surface area contributed by atoms with Crippen LogP contribution in [0.4, 0.5) is 0 Å². The fourth-order valence-corrected chi connectivity index (χ4v) is 4.33. The lowest BCUT2D eigenvalue weighted by Gasteiger charge is -2.20. The lowest BCUT2D eigenvalue weighted by atomic mass is 10.0. The first-order valence-corrected chi connectivity index (χ1v) is 10.5. The minimum atomic E-state index is -0.383. The second kappa shape index (κ2) is 7.55. The van der Waals surface area contributed by atoms with Gasteiger partial charge in [0.05, 0.1) is 23.7 Å². The lowest BCUT2D eigenvalue weighted by Crippen LogP contribution is -2.33. The fraction of sp³-hybridized carbons (Fsp3) is 0.143. The number of thiophene rings is 1. The van der Waals surface area contributed by atoms with Crippen LogP contribution in [-0.2, 0) is 11.3 Å². The topological polar surface area (TPSA) is 80.7 Å². The summed E-state index contributed by atoms with van der Waals surface area (Å²) in [6.45, 7) is -0.160. The number of aromatic nitrogens is 2. The number of rotatable bonds is 4. The molecule has 4 heterocycles. The zero-order valence-electron chi connectivity index (χ0n) is 15.6. The van der Waals surface area contributed by atoms with Crippen molar-refractivity contribution in [2.75, 3.05) is 0 Å². The van der Waals surface area contributed by atoms with Crippen LogP contribution < -0.4 is 5.56 Å². The molecular weight excluding hydrogens is 424 g/mol. The fourth-order valence-electron chi connectivity index (χ4n) is 3.48. The van der Waals surface area contributed by atoms with Crippen LogP contribution in [0.25, 0.3) is 10.2 Å². The predicted octanol–water partition coefficient (Wildman–Crippen LogP) is 4.08. The summed E-state index contributed by atoms with van der Waals surface area (Å²) >= 11 is 7.38. The highest BCUT2D eigenvalue weighted by molar-refractivity contribution is 7.16. The average molecular weight is 439 g/mol. The molecule has 4 aromatic rings. The number of furan rings is 1. The first kappa shape index (κ1) is 18.8. The maximum atomic E-state index is 13.1. The number of hydrazone groups is 1. The van der Waals surface area contributed by atoms with E-state index in [4.69, 9.17) is 16.0 Å². The number of benzene rings is 1. The van der Waals surface area contributed by atoms with Crippen molar-refractivity contribution < 1.29 is 9.21 Å². The van der Waals surface area contributed by atoms with E-state index in [2.05, 4.69) is 10.1 Å². The minimum absolute atomic E-state index is 0.160. The van der Waals surface area contributed by atoms with E-state index < -0.39 is 0 Å². The highest BCUT2D eigenvalue weighted by atomic mass is 35.5. The van der Waals surface area contributed by atoms with E-state index in [1.165, 1.54) is 27.2 Å². The first-order valence-electron chi connectivity index (χ1n) is 9.21. The molecule has 0 bridgehead atoms. The van der Waals surface area contributed by atoms with E-state index in [9.17, 15) is 9.59 Å². The minimum Gasteiger partial charge on any atom is -0.467 e. The molecule has 0 radical (unpaired) electrons. The summed E-state index contributed by atoms with van der Waals surface area (Å²) in [5, 5.41) is 8.90. The quantitative estimate of drug-likeness (QED) is 0.480. The Hall–Kier alpha value is -3.23. The van der Waals surface area contributed by atoms with Crippen molar-refractivity contribution >= 4 is 44.8 Å². The highest BCUT2D eigenvalue weighted by Gasteiger charge is 2.35. The van der Waals surface area contributed by atoms with Crippen LogP contribution in [0.2, 0.25) is 5.02 Å². The van der Waals surface area contributed by atoms with Gasteiger partial charge in [-0.2, -0.15) is 5.10 Å². The zero-order chi connectivity index (χ0) is 20.7. The van der Waals surface area contributed by atoms with E-state index in [-0.39, 0.29) is 24.1 Å². The van der Waals surface area contributed by atoms with E-state index in [1.807, 2.05) is 18.2 Å². The van der Waals surface area contributed by atoms with Gasteiger partial charge in [0.15, 0.2) is 0 Å². The summed E-state index contributed by atoms with van der Waals surface area (Å²) in [6, 6.07) is 12.2. The SMILES string of the molecule is O=C(Cn1cnc2sccc2c1=O)N1N=C(c2ccc(Cl)cc2)C[C@H]1c1ccco1. The Bertz CT molecular complexity index is 1310. The van der Waals surface area contributed by atoms with Gasteiger partial charge in [-0.05, 0) is 41.3 Å². The maximum Gasteiger partial charge on any atom is 0.263 e. The van der Waals surface area contributed by atoms with Crippen molar-refractivity contribution in [1.29, 1.82) is 0 Å². The molecule has 1 aliphatic heterocycles.